The van der Waals surface area contributed by atoms with Gasteiger partial charge in [0.2, 0.25) is 0 Å². The van der Waals surface area contributed by atoms with Gasteiger partial charge >= 0.3 is 0 Å². The summed E-state index contributed by atoms with van der Waals surface area (Å²) in [6.07, 6.45) is 5.45. The number of hydrogen-bond donors (Lipinski definition) is 0. The predicted molar refractivity (Wildman–Crippen MR) is 224 cm³/mol. The van der Waals surface area contributed by atoms with Gasteiger partial charge in [-0.15, -0.1) is 11.3 Å². The minimum Gasteiger partial charge on any atom is -0.456 e. The third kappa shape index (κ3) is 5.01. The zero-order valence-corrected chi connectivity index (χ0v) is 29.9. The highest BCUT2D eigenvalue weighted by molar-refractivity contribution is 7.26. The number of benzene rings is 6. The summed E-state index contributed by atoms with van der Waals surface area (Å²) in [5, 5.41) is 4.73. The van der Waals surface area contributed by atoms with Gasteiger partial charge in [-0.1, -0.05) is 152 Å². The highest BCUT2D eigenvalue weighted by Crippen LogP contribution is 2.48. The summed E-state index contributed by atoms with van der Waals surface area (Å²) in [6.45, 7) is 0. The van der Waals surface area contributed by atoms with Crippen LogP contribution in [0.3, 0.4) is 0 Å². The van der Waals surface area contributed by atoms with Crippen LogP contribution in [0.4, 0.5) is 0 Å². The molecule has 0 radical (unpaired) electrons. The van der Waals surface area contributed by atoms with Crippen LogP contribution in [0.2, 0.25) is 0 Å². The Kier molecular flexibility index (Phi) is 7.13. The molecule has 4 heterocycles. The summed E-state index contributed by atoms with van der Waals surface area (Å²) < 4.78 is 9.11. The molecule has 11 rings (SSSR count). The number of para-hydroxylation sites is 2. The second kappa shape index (κ2) is 12.5. The van der Waals surface area contributed by atoms with Crippen molar-refractivity contribution in [2.24, 2.45) is 0 Å². The third-order valence-electron chi connectivity index (χ3n) is 10.7. The highest BCUT2D eigenvalue weighted by atomic mass is 32.1. The largest absolute Gasteiger partial charge is 0.456 e. The normalized spacial score (nSPS) is 14.0. The molecule has 6 aromatic carbocycles. The van der Waals surface area contributed by atoms with E-state index in [2.05, 4.69) is 127 Å². The van der Waals surface area contributed by atoms with Gasteiger partial charge in [0.1, 0.15) is 11.2 Å². The first-order valence-electron chi connectivity index (χ1n) is 18.3. The third-order valence-corrected chi connectivity index (χ3v) is 11.9. The molecule has 4 nitrogen and oxygen atoms in total. The van der Waals surface area contributed by atoms with E-state index in [9.17, 15) is 0 Å². The Morgan fingerprint density at radius 2 is 1.20 bits per heavy atom. The molecule has 0 saturated heterocycles. The summed E-state index contributed by atoms with van der Waals surface area (Å²) in [5.41, 5.74) is 12.3. The number of thiophene rings is 1. The van der Waals surface area contributed by atoms with Crippen LogP contribution in [0, 0.1) is 0 Å². The van der Waals surface area contributed by atoms with Crippen LogP contribution in [0.1, 0.15) is 29.2 Å². The zero-order chi connectivity index (χ0) is 35.6. The number of nitrogens with zero attached hydrogens (tertiary/aromatic N) is 3. The molecule has 0 fully saturated rings. The summed E-state index contributed by atoms with van der Waals surface area (Å²) in [4.78, 5) is 15.7. The van der Waals surface area contributed by atoms with Crippen LogP contribution in [0.25, 0.3) is 93.3 Å². The number of aromatic nitrogens is 3. The van der Waals surface area contributed by atoms with Gasteiger partial charge in [-0.25, -0.2) is 9.97 Å². The van der Waals surface area contributed by atoms with Crippen molar-refractivity contribution < 1.29 is 4.42 Å². The van der Waals surface area contributed by atoms with E-state index in [0.717, 1.165) is 73.4 Å². The monoisotopic (exact) mass is 709 g/mol. The summed E-state index contributed by atoms with van der Waals surface area (Å²) in [5.74, 6) is 0.758. The first-order chi connectivity index (χ1) is 26.8. The fourth-order valence-corrected chi connectivity index (χ4v) is 9.31. The van der Waals surface area contributed by atoms with E-state index >= 15 is 0 Å². The summed E-state index contributed by atoms with van der Waals surface area (Å²) in [6, 6.07) is 55.0. The van der Waals surface area contributed by atoms with Crippen LogP contribution in [0.15, 0.2) is 168 Å². The summed E-state index contributed by atoms with van der Waals surface area (Å²) in [7, 11) is 0. The number of hydrogen-bond acceptors (Lipinski definition) is 5. The second-order valence-corrected chi connectivity index (χ2v) is 14.9. The van der Waals surface area contributed by atoms with E-state index < -0.39 is 0 Å². The van der Waals surface area contributed by atoms with Crippen molar-refractivity contribution in [2.75, 3.05) is 0 Å². The molecule has 0 aliphatic heterocycles. The van der Waals surface area contributed by atoms with Gasteiger partial charge in [-0.05, 0) is 24.6 Å². The molecule has 1 aliphatic carbocycles. The van der Waals surface area contributed by atoms with Gasteiger partial charge < -0.3 is 4.42 Å². The van der Waals surface area contributed by atoms with Crippen LogP contribution in [-0.4, -0.2) is 15.0 Å². The zero-order valence-electron chi connectivity index (χ0n) is 29.1. The molecule has 1 atom stereocenters. The Balaban J connectivity index is 1.08. The number of furan rings is 1. The lowest BCUT2D eigenvalue weighted by Crippen LogP contribution is -2.10. The predicted octanol–water partition coefficient (Wildman–Crippen LogP) is 13.4. The van der Waals surface area contributed by atoms with Gasteiger partial charge in [-0.2, -0.15) is 0 Å². The number of fused-ring (bicyclic) bond motifs is 8. The molecule has 1 aliphatic rings. The molecule has 0 saturated carbocycles. The van der Waals surface area contributed by atoms with E-state index in [1.807, 2.05) is 53.8 Å². The van der Waals surface area contributed by atoms with Crippen LogP contribution in [-0.2, 0) is 0 Å². The van der Waals surface area contributed by atoms with Gasteiger partial charge in [0, 0.05) is 70.2 Å². The van der Waals surface area contributed by atoms with Crippen LogP contribution >= 0.6 is 11.3 Å². The molecule has 254 valence electrons. The van der Waals surface area contributed by atoms with E-state index in [4.69, 9.17) is 19.4 Å². The molecule has 0 N–H and O–H groups in total. The Morgan fingerprint density at radius 1 is 0.556 bits per heavy atom. The quantitative estimate of drug-likeness (QED) is 0.178. The standard InChI is InChI=1S/C49H31N3OS/c1-3-13-30(14-4-1)40-29-41(51-49(50-40)33-15-5-2-6-16-33)31-25-27-32(28-26-31)45-44-38-18-8-10-24-43(38)54-48(44)39-22-11-19-35(46(39)52-45)37-21-12-20-36-34-17-7-9-23-42(34)53-47(36)37/h1-18,20-29,35H,19H2. The van der Waals surface area contributed by atoms with Crippen molar-refractivity contribution in [1.29, 1.82) is 0 Å². The number of rotatable bonds is 5. The van der Waals surface area contributed by atoms with Crippen molar-refractivity contribution in [1.82, 2.24) is 15.0 Å². The minimum absolute atomic E-state index is 0.0516. The number of allylic oxidation sites excluding steroid dienone is 1. The fourth-order valence-electron chi connectivity index (χ4n) is 8.08. The Morgan fingerprint density at radius 3 is 2.00 bits per heavy atom. The lowest BCUT2D eigenvalue weighted by Gasteiger charge is -2.23. The van der Waals surface area contributed by atoms with Gasteiger partial charge in [0.15, 0.2) is 5.82 Å². The van der Waals surface area contributed by atoms with Gasteiger partial charge in [-0.3, -0.25) is 4.98 Å². The number of pyridine rings is 1. The minimum atomic E-state index is 0.0516. The SMILES string of the molecule is C1=Cc2c(nc(-c3ccc(-c4cc(-c5ccccc5)nc(-c5ccccc5)n4)cc3)c3c2sc2ccccc23)C(c2cccc3c2oc2ccccc23)C1. The molecule has 54 heavy (non-hydrogen) atoms. The first-order valence-corrected chi connectivity index (χ1v) is 19.1. The maximum atomic E-state index is 6.57. The van der Waals surface area contributed by atoms with Crippen molar-refractivity contribution in [2.45, 2.75) is 12.3 Å². The van der Waals surface area contributed by atoms with Crippen molar-refractivity contribution in [3.8, 4) is 45.2 Å². The fraction of sp³-hybridized carbons (Fsp3) is 0.0408. The Bertz CT molecular complexity index is 3010. The average Bonchev–Trinajstić information content (AvgIpc) is 3.83. The Labute approximate surface area is 315 Å². The van der Waals surface area contributed by atoms with E-state index in [1.54, 1.807) is 0 Å². The molecule has 5 heteroatoms. The molecule has 0 spiro atoms. The average molecular weight is 710 g/mol. The van der Waals surface area contributed by atoms with E-state index in [-0.39, 0.29) is 5.92 Å². The first kappa shape index (κ1) is 30.9. The molecule has 0 bridgehead atoms. The smallest absolute Gasteiger partial charge is 0.160 e. The molecular weight excluding hydrogens is 679 g/mol. The molecule has 4 aromatic heterocycles. The maximum Gasteiger partial charge on any atom is 0.160 e. The summed E-state index contributed by atoms with van der Waals surface area (Å²) >= 11 is 1.86. The maximum absolute atomic E-state index is 6.57. The van der Waals surface area contributed by atoms with E-state index in [0.29, 0.717) is 5.82 Å². The van der Waals surface area contributed by atoms with Crippen LogP contribution < -0.4 is 0 Å². The van der Waals surface area contributed by atoms with Gasteiger partial charge in [0.25, 0.3) is 0 Å². The van der Waals surface area contributed by atoms with Crippen molar-refractivity contribution >= 4 is 59.5 Å². The lowest BCUT2D eigenvalue weighted by molar-refractivity contribution is 0.653. The molecule has 0 amide bonds. The Hall–Kier alpha value is -6.69. The molecule has 1 unspecified atom stereocenters. The van der Waals surface area contributed by atoms with E-state index in [1.165, 1.54) is 31.3 Å². The van der Waals surface area contributed by atoms with Gasteiger partial charge in [0.05, 0.1) is 22.8 Å². The lowest BCUT2D eigenvalue weighted by atomic mass is 9.84. The van der Waals surface area contributed by atoms with Crippen molar-refractivity contribution in [3.63, 3.8) is 0 Å². The topological polar surface area (TPSA) is 51.8 Å². The molecular formula is C49H31N3OS. The van der Waals surface area contributed by atoms with Crippen LogP contribution in [0.5, 0.6) is 0 Å². The molecule has 10 aromatic rings. The van der Waals surface area contributed by atoms with Crippen molar-refractivity contribution in [3.05, 3.63) is 181 Å². The highest BCUT2D eigenvalue weighted by Gasteiger charge is 2.29. The second-order valence-electron chi connectivity index (χ2n) is 13.8.